The number of rotatable bonds is 7. The molecule has 0 aliphatic carbocycles. The van der Waals surface area contributed by atoms with Gasteiger partial charge in [-0.25, -0.2) is 4.98 Å². The van der Waals surface area contributed by atoms with Crippen LogP contribution in [0.25, 0.3) is 10.6 Å². The highest BCUT2D eigenvalue weighted by atomic mass is 32.1. The number of para-hydroxylation sites is 1. The normalized spacial score (nSPS) is 10.5. The van der Waals surface area contributed by atoms with Crippen LogP contribution in [0.15, 0.2) is 47.8 Å². The lowest BCUT2D eigenvalue weighted by molar-refractivity contribution is -0.136. The van der Waals surface area contributed by atoms with Gasteiger partial charge in [-0.3, -0.25) is 4.79 Å². The molecule has 6 heteroatoms. The van der Waals surface area contributed by atoms with Gasteiger partial charge in [0.1, 0.15) is 11.6 Å². The maximum absolute atomic E-state index is 10.9. The maximum atomic E-state index is 10.9. The summed E-state index contributed by atoms with van der Waals surface area (Å²) < 4.78 is 11.6. The molecule has 0 atom stereocenters. The first kappa shape index (κ1) is 17.9. The molecule has 0 radical (unpaired) electrons. The number of methoxy groups -OCH3 is 1. The largest absolute Gasteiger partial charge is 0.493 e. The monoisotopic (exact) mass is 369 g/mol. The molecule has 1 N–H and O–H groups in total. The first-order valence-corrected chi connectivity index (χ1v) is 8.97. The second kappa shape index (κ2) is 8.01. The molecule has 0 bridgehead atoms. The molecular formula is C20H19NO4S. The molecule has 3 rings (SSSR count). The molecule has 0 aliphatic heterocycles. The average Bonchev–Trinajstić information content (AvgIpc) is 3.08. The van der Waals surface area contributed by atoms with Crippen LogP contribution in [0, 0.1) is 6.92 Å². The summed E-state index contributed by atoms with van der Waals surface area (Å²) in [6, 6.07) is 13.6. The second-order valence-corrected chi connectivity index (χ2v) is 6.62. The highest BCUT2D eigenvalue weighted by Gasteiger charge is 2.16. The van der Waals surface area contributed by atoms with Crippen LogP contribution in [0.1, 0.15) is 16.8 Å². The summed E-state index contributed by atoms with van der Waals surface area (Å²) in [7, 11) is 1.59. The van der Waals surface area contributed by atoms with Crippen LogP contribution in [0.4, 0.5) is 0 Å². The van der Waals surface area contributed by atoms with Crippen LogP contribution in [0.2, 0.25) is 0 Å². The Bertz CT molecular complexity index is 920. The third kappa shape index (κ3) is 4.03. The number of thiazole rings is 1. The minimum atomic E-state index is -0.900. The maximum Gasteiger partial charge on any atom is 0.309 e. The van der Waals surface area contributed by atoms with E-state index < -0.39 is 5.97 Å². The molecule has 26 heavy (non-hydrogen) atoms. The third-order valence-electron chi connectivity index (χ3n) is 3.95. The lowest BCUT2D eigenvalue weighted by Crippen LogP contribution is -2.02. The molecule has 0 spiro atoms. The van der Waals surface area contributed by atoms with E-state index in [-0.39, 0.29) is 6.42 Å². The first-order valence-electron chi connectivity index (χ1n) is 8.09. The van der Waals surface area contributed by atoms with Crippen molar-refractivity contribution in [1.82, 2.24) is 4.98 Å². The molecule has 0 aliphatic rings. The molecule has 2 aromatic carbocycles. The Morgan fingerprint density at radius 3 is 2.73 bits per heavy atom. The zero-order valence-electron chi connectivity index (χ0n) is 14.6. The fourth-order valence-electron chi connectivity index (χ4n) is 2.58. The summed E-state index contributed by atoms with van der Waals surface area (Å²) in [6.07, 6.45) is -0.0974. The van der Waals surface area contributed by atoms with Crippen molar-refractivity contribution < 1.29 is 19.4 Å². The van der Waals surface area contributed by atoms with Crippen LogP contribution in [-0.2, 0) is 17.8 Å². The minimum Gasteiger partial charge on any atom is -0.493 e. The van der Waals surface area contributed by atoms with Gasteiger partial charge in [-0.05, 0) is 30.2 Å². The Labute approximate surface area is 155 Å². The van der Waals surface area contributed by atoms with Gasteiger partial charge in [0, 0.05) is 5.38 Å². The molecule has 134 valence electrons. The Kier molecular flexibility index (Phi) is 5.53. The van der Waals surface area contributed by atoms with Crippen molar-refractivity contribution in [2.45, 2.75) is 20.0 Å². The summed E-state index contributed by atoms with van der Waals surface area (Å²) >= 11 is 1.39. The Balaban J connectivity index is 1.92. The first-order chi connectivity index (χ1) is 12.6. The van der Waals surface area contributed by atoms with Crippen molar-refractivity contribution in [1.29, 1.82) is 0 Å². The standard InChI is InChI=1S/C20H19NO4S/c1-13-6-3-4-7-14(13)11-25-19-16(8-5-9-17(19)24-2)20-21-15(12-26-20)10-18(22)23/h3-9,12H,10-11H2,1-2H3,(H,22,23). The molecule has 1 heterocycles. The number of aliphatic carboxylic acids is 1. The van der Waals surface area contributed by atoms with E-state index in [1.54, 1.807) is 12.5 Å². The molecule has 0 saturated carbocycles. The van der Waals surface area contributed by atoms with Gasteiger partial charge in [-0.15, -0.1) is 11.3 Å². The van der Waals surface area contributed by atoms with Crippen LogP contribution >= 0.6 is 11.3 Å². The zero-order chi connectivity index (χ0) is 18.5. The van der Waals surface area contributed by atoms with Crippen molar-refractivity contribution in [2.24, 2.45) is 0 Å². The minimum absolute atomic E-state index is 0.0974. The van der Waals surface area contributed by atoms with E-state index in [0.717, 1.165) is 16.7 Å². The zero-order valence-corrected chi connectivity index (χ0v) is 15.4. The van der Waals surface area contributed by atoms with Crippen LogP contribution < -0.4 is 9.47 Å². The number of ether oxygens (including phenoxy) is 2. The second-order valence-electron chi connectivity index (χ2n) is 5.77. The van der Waals surface area contributed by atoms with Crippen molar-refractivity contribution in [3.05, 3.63) is 64.7 Å². The molecule has 5 nitrogen and oxygen atoms in total. The van der Waals surface area contributed by atoms with E-state index >= 15 is 0 Å². The van der Waals surface area contributed by atoms with Crippen molar-refractivity contribution in [3.8, 4) is 22.1 Å². The fraction of sp³-hybridized carbons (Fsp3) is 0.200. The Hall–Kier alpha value is -2.86. The number of aryl methyl sites for hydroxylation is 1. The summed E-state index contributed by atoms with van der Waals surface area (Å²) in [5.41, 5.74) is 3.57. The van der Waals surface area contributed by atoms with Gasteiger partial charge < -0.3 is 14.6 Å². The van der Waals surface area contributed by atoms with Gasteiger partial charge >= 0.3 is 5.97 Å². The number of nitrogens with zero attached hydrogens (tertiary/aromatic N) is 1. The molecular weight excluding hydrogens is 350 g/mol. The van der Waals surface area contributed by atoms with E-state index in [4.69, 9.17) is 14.6 Å². The number of carbonyl (C=O) groups is 1. The highest BCUT2D eigenvalue weighted by Crippen LogP contribution is 2.39. The van der Waals surface area contributed by atoms with Gasteiger partial charge in [0.05, 0.1) is 24.8 Å². The predicted molar refractivity (Wildman–Crippen MR) is 101 cm³/mol. The van der Waals surface area contributed by atoms with Crippen molar-refractivity contribution in [3.63, 3.8) is 0 Å². The smallest absolute Gasteiger partial charge is 0.309 e. The molecule has 1 aromatic heterocycles. The number of hydrogen-bond acceptors (Lipinski definition) is 5. The average molecular weight is 369 g/mol. The topological polar surface area (TPSA) is 68.7 Å². The van der Waals surface area contributed by atoms with E-state index in [2.05, 4.69) is 4.98 Å². The number of carboxylic acid groups (broad SMARTS) is 1. The SMILES string of the molecule is COc1cccc(-c2nc(CC(=O)O)cs2)c1OCc1ccccc1C. The molecule has 0 fully saturated rings. The molecule has 0 amide bonds. The van der Waals surface area contributed by atoms with Gasteiger partial charge in [-0.2, -0.15) is 0 Å². The van der Waals surface area contributed by atoms with Crippen molar-refractivity contribution in [2.75, 3.05) is 7.11 Å². The summed E-state index contributed by atoms with van der Waals surface area (Å²) in [5, 5.41) is 11.4. The number of benzene rings is 2. The number of carboxylic acids is 1. The summed E-state index contributed by atoms with van der Waals surface area (Å²) in [4.78, 5) is 15.3. The van der Waals surface area contributed by atoms with E-state index in [9.17, 15) is 4.79 Å². The highest BCUT2D eigenvalue weighted by molar-refractivity contribution is 7.13. The summed E-state index contributed by atoms with van der Waals surface area (Å²) in [6.45, 7) is 2.45. The van der Waals surface area contributed by atoms with Crippen LogP contribution in [0.3, 0.4) is 0 Å². The molecule has 3 aromatic rings. The quantitative estimate of drug-likeness (QED) is 0.671. The number of hydrogen-bond donors (Lipinski definition) is 1. The summed E-state index contributed by atoms with van der Waals surface area (Å²) in [5.74, 6) is 0.323. The fourth-order valence-corrected chi connectivity index (χ4v) is 3.42. The third-order valence-corrected chi connectivity index (χ3v) is 4.87. The Morgan fingerprint density at radius 1 is 1.19 bits per heavy atom. The number of aromatic nitrogens is 1. The van der Waals surface area contributed by atoms with E-state index in [1.807, 2.05) is 49.4 Å². The van der Waals surface area contributed by atoms with E-state index in [1.165, 1.54) is 11.3 Å². The van der Waals surface area contributed by atoms with Gasteiger partial charge in [-0.1, -0.05) is 30.3 Å². The molecule has 0 unspecified atom stereocenters. The van der Waals surface area contributed by atoms with Gasteiger partial charge in [0.25, 0.3) is 0 Å². The predicted octanol–water partition coefficient (Wildman–Crippen LogP) is 4.33. The lowest BCUT2D eigenvalue weighted by Gasteiger charge is -2.15. The van der Waals surface area contributed by atoms with E-state index in [0.29, 0.717) is 28.8 Å². The van der Waals surface area contributed by atoms with Gasteiger partial charge in [0.2, 0.25) is 0 Å². The Morgan fingerprint density at radius 2 is 2.00 bits per heavy atom. The van der Waals surface area contributed by atoms with Gasteiger partial charge in [0.15, 0.2) is 11.5 Å². The van der Waals surface area contributed by atoms with Crippen molar-refractivity contribution >= 4 is 17.3 Å². The van der Waals surface area contributed by atoms with Crippen LogP contribution in [0.5, 0.6) is 11.5 Å². The molecule has 0 saturated heterocycles. The van der Waals surface area contributed by atoms with Crippen LogP contribution in [-0.4, -0.2) is 23.2 Å². The lowest BCUT2D eigenvalue weighted by atomic mass is 10.1.